The summed E-state index contributed by atoms with van der Waals surface area (Å²) in [4.78, 5) is 25.4. The van der Waals surface area contributed by atoms with Crippen LogP contribution in [-0.4, -0.2) is 28.4 Å². The van der Waals surface area contributed by atoms with Crippen LogP contribution in [0, 0.1) is 16.0 Å². The summed E-state index contributed by atoms with van der Waals surface area (Å²) in [5.41, 5.74) is 2.02. The molecule has 134 valence electrons. The normalized spacial score (nSPS) is 25.2. The number of nitro benzene ring substituents is 1. The van der Waals surface area contributed by atoms with Gasteiger partial charge in [0.25, 0.3) is 5.69 Å². The van der Waals surface area contributed by atoms with E-state index in [9.17, 15) is 14.9 Å². The van der Waals surface area contributed by atoms with Crippen LogP contribution in [0.1, 0.15) is 30.2 Å². The van der Waals surface area contributed by atoms with Crippen molar-refractivity contribution in [2.45, 2.75) is 31.5 Å². The highest BCUT2D eigenvalue weighted by atomic mass is 16.6. The smallest absolute Gasteiger partial charge is 0.269 e. The van der Waals surface area contributed by atoms with Crippen LogP contribution in [-0.2, 0) is 16.0 Å². The third kappa shape index (κ3) is 3.08. The number of piperidine rings is 1. The Labute approximate surface area is 151 Å². The van der Waals surface area contributed by atoms with Crippen LogP contribution in [0.15, 0.2) is 54.6 Å². The van der Waals surface area contributed by atoms with Crippen LogP contribution in [0.5, 0.6) is 0 Å². The number of non-ortho nitro benzene ring substituents is 1. The summed E-state index contributed by atoms with van der Waals surface area (Å²) in [6, 6.07) is 16.4. The molecule has 2 aliphatic heterocycles. The summed E-state index contributed by atoms with van der Waals surface area (Å²) in [5, 5.41) is 10.8. The highest BCUT2D eigenvalue weighted by molar-refractivity contribution is 5.81. The average molecular weight is 352 g/mol. The highest BCUT2D eigenvalue weighted by Gasteiger charge is 2.44. The molecule has 26 heavy (non-hydrogen) atoms. The lowest BCUT2D eigenvalue weighted by Crippen LogP contribution is -2.46. The molecule has 0 unspecified atom stereocenters. The second kappa shape index (κ2) is 6.88. The first kappa shape index (κ1) is 16.7. The molecule has 0 aliphatic carbocycles. The van der Waals surface area contributed by atoms with Gasteiger partial charge >= 0.3 is 0 Å². The minimum atomic E-state index is -0.411. The number of nitro groups is 1. The fourth-order valence-electron chi connectivity index (χ4n) is 3.90. The van der Waals surface area contributed by atoms with Crippen molar-refractivity contribution >= 4 is 11.6 Å². The van der Waals surface area contributed by atoms with E-state index in [4.69, 9.17) is 4.74 Å². The quantitative estimate of drug-likeness (QED) is 0.624. The zero-order valence-corrected chi connectivity index (χ0v) is 14.3. The standard InChI is InChI=1S/C20H20N2O4/c23-19-16(12-14-6-9-17(10-7-14)22(24)25)8-11-18-13-26-20(21(18)19)15-4-2-1-3-5-15/h1-7,9-10,16,18,20H,8,11-13H2/t16-,18-,20-/m1/s1. The third-order valence-corrected chi connectivity index (χ3v) is 5.26. The minimum absolute atomic E-state index is 0.0702. The zero-order chi connectivity index (χ0) is 18.1. The van der Waals surface area contributed by atoms with Crippen LogP contribution in [0.25, 0.3) is 0 Å². The molecule has 1 amide bonds. The largest absolute Gasteiger partial charge is 0.352 e. The van der Waals surface area contributed by atoms with Crippen LogP contribution >= 0.6 is 0 Å². The van der Waals surface area contributed by atoms with Crippen LogP contribution in [0.2, 0.25) is 0 Å². The van der Waals surface area contributed by atoms with E-state index in [0.29, 0.717) is 13.0 Å². The summed E-state index contributed by atoms with van der Waals surface area (Å²) >= 11 is 0. The van der Waals surface area contributed by atoms with Crippen molar-refractivity contribution < 1.29 is 14.5 Å². The number of ether oxygens (including phenoxy) is 1. The molecule has 0 aromatic heterocycles. The van der Waals surface area contributed by atoms with Crippen LogP contribution in [0.3, 0.4) is 0 Å². The molecule has 0 spiro atoms. The molecule has 0 N–H and O–H groups in total. The third-order valence-electron chi connectivity index (χ3n) is 5.26. The first-order valence-corrected chi connectivity index (χ1v) is 8.85. The summed E-state index contributed by atoms with van der Waals surface area (Å²) < 4.78 is 5.93. The van der Waals surface area contributed by atoms with E-state index in [1.807, 2.05) is 35.2 Å². The van der Waals surface area contributed by atoms with E-state index in [2.05, 4.69) is 0 Å². The fourth-order valence-corrected chi connectivity index (χ4v) is 3.90. The molecule has 2 aromatic carbocycles. The van der Waals surface area contributed by atoms with E-state index in [-0.39, 0.29) is 29.8 Å². The molecule has 3 atom stereocenters. The molecule has 6 nitrogen and oxygen atoms in total. The summed E-state index contributed by atoms with van der Waals surface area (Å²) in [6.07, 6.45) is 2.03. The predicted molar refractivity (Wildman–Crippen MR) is 95.3 cm³/mol. The summed E-state index contributed by atoms with van der Waals surface area (Å²) in [5.74, 6) is 0.00609. The van der Waals surface area contributed by atoms with Gasteiger partial charge in [-0.1, -0.05) is 42.5 Å². The molecule has 2 aliphatic rings. The maximum absolute atomic E-state index is 13.1. The van der Waals surface area contributed by atoms with Crippen LogP contribution < -0.4 is 0 Å². The van der Waals surface area contributed by atoms with Gasteiger partial charge in [0.1, 0.15) is 0 Å². The van der Waals surface area contributed by atoms with Gasteiger partial charge in [-0.25, -0.2) is 0 Å². The highest BCUT2D eigenvalue weighted by Crippen LogP contribution is 2.38. The SMILES string of the molecule is O=C1[C@@H](Cc2ccc([N+](=O)[O-])cc2)CC[C@@H]2CO[C@H](c3ccccc3)N12. The number of nitrogens with zero attached hydrogens (tertiary/aromatic N) is 2. The molecular weight excluding hydrogens is 332 g/mol. The Bertz CT molecular complexity index is 806. The van der Waals surface area contributed by atoms with Crippen molar-refractivity contribution in [1.29, 1.82) is 0 Å². The first-order chi connectivity index (χ1) is 12.6. The van der Waals surface area contributed by atoms with E-state index >= 15 is 0 Å². The van der Waals surface area contributed by atoms with Gasteiger partial charge in [0.2, 0.25) is 5.91 Å². The lowest BCUT2D eigenvalue weighted by molar-refractivity contribution is -0.384. The molecule has 2 aromatic rings. The van der Waals surface area contributed by atoms with Crippen molar-refractivity contribution in [1.82, 2.24) is 4.90 Å². The zero-order valence-electron chi connectivity index (χ0n) is 14.3. The Morgan fingerprint density at radius 1 is 1.08 bits per heavy atom. The summed E-state index contributed by atoms with van der Waals surface area (Å²) in [6.45, 7) is 0.579. The maximum atomic E-state index is 13.1. The van der Waals surface area contributed by atoms with Gasteiger partial charge in [0.15, 0.2) is 6.23 Å². The van der Waals surface area contributed by atoms with Gasteiger partial charge in [-0.05, 0) is 24.8 Å². The number of rotatable bonds is 4. The van der Waals surface area contributed by atoms with E-state index in [1.165, 1.54) is 12.1 Å². The van der Waals surface area contributed by atoms with Crippen LogP contribution in [0.4, 0.5) is 5.69 Å². The Morgan fingerprint density at radius 2 is 1.81 bits per heavy atom. The Hall–Kier alpha value is -2.73. The lowest BCUT2D eigenvalue weighted by atomic mass is 9.87. The molecule has 0 radical (unpaired) electrons. The first-order valence-electron chi connectivity index (χ1n) is 8.85. The van der Waals surface area contributed by atoms with Crippen molar-refractivity contribution in [3.05, 3.63) is 75.8 Å². The minimum Gasteiger partial charge on any atom is -0.352 e. The number of carbonyl (C=O) groups excluding carboxylic acids is 1. The average Bonchev–Trinajstić information content (AvgIpc) is 3.10. The van der Waals surface area contributed by atoms with E-state index in [1.54, 1.807) is 12.1 Å². The number of hydrogen-bond donors (Lipinski definition) is 0. The number of amides is 1. The second-order valence-electron chi connectivity index (χ2n) is 6.90. The molecule has 2 saturated heterocycles. The number of fused-ring (bicyclic) bond motifs is 1. The fraction of sp³-hybridized carbons (Fsp3) is 0.350. The topological polar surface area (TPSA) is 72.7 Å². The van der Waals surface area contributed by atoms with Gasteiger partial charge in [-0.2, -0.15) is 0 Å². The monoisotopic (exact) mass is 352 g/mol. The molecule has 2 fully saturated rings. The lowest BCUT2D eigenvalue weighted by Gasteiger charge is -2.36. The van der Waals surface area contributed by atoms with Crippen molar-refractivity contribution in [3.63, 3.8) is 0 Å². The Kier molecular flexibility index (Phi) is 4.42. The van der Waals surface area contributed by atoms with Gasteiger partial charge in [-0.3, -0.25) is 14.9 Å². The van der Waals surface area contributed by atoms with Gasteiger partial charge in [0.05, 0.1) is 17.6 Å². The van der Waals surface area contributed by atoms with Gasteiger partial charge in [-0.15, -0.1) is 0 Å². The number of hydrogen-bond acceptors (Lipinski definition) is 4. The molecular formula is C20H20N2O4. The molecule has 0 bridgehead atoms. The molecule has 0 saturated carbocycles. The maximum Gasteiger partial charge on any atom is 0.269 e. The summed E-state index contributed by atoms with van der Waals surface area (Å²) in [7, 11) is 0. The van der Waals surface area contributed by atoms with Crippen molar-refractivity contribution in [2.75, 3.05) is 6.61 Å². The van der Waals surface area contributed by atoms with Crippen molar-refractivity contribution in [2.24, 2.45) is 5.92 Å². The molecule has 6 heteroatoms. The van der Waals surface area contributed by atoms with Gasteiger partial charge in [0, 0.05) is 23.6 Å². The molecule has 2 heterocycles. The predicted octanol–water partition coefficient (Wildman–Crippen LogP) is 3.47. The van der Waals surface area contributed by atoms with Crippen molar-refractivity contribution in [3.8, 4) is 0 Å². The van der Waals surface area contributed by atoms with E-state index in [0.717, 1.165) is 24.0 Å². The Morgan fingerprint density at radius 3 is 2.50 bits per heavy atom. The second-order valence-corrected chi connectivity index (χ2v) is 6.90. The number of benzene rings is 2. The van der Waals surface area contributed by atoms with E-state index < -0.39 is 4.92 Å². The number of carbonyl (C=O) groups is 1. The Balaban J connectivity index is 1.51. The molecule has 4 rings (SSSR count). The van der Waals surface area contributed by atoms with Gasteiger partial charge < -0.3 is 9.64 Å².